The molecule has 0 rings (SSSR count). The zero-order valence-electron chi connectivity index (χ0n) is 12.1. The van der Waals surface area contributed by atoms with Crippen LogP contribution in [0.2, 0.25) is 0 Å². The normalized spacial score (nSPS) is 13.5. The maximum atomic E-state index is 12.0. The van der Waals surface area contributed by atoms with Crippen LogP contribution in [-0.4, -0.2) is 34.9 Å². The number of carbonyl (C=O) groups excluding carboxylic acids is 1. The number of carboxylic acids is 1. The molecule has 0 aromatic heterocycles. The molecule has 7 heteroatoms. The molecule has 0 aliphatic heterocycles. The third-order valence-corrected chi connectivity index (χ3v) is 3.16. The molecule has 116 valence electrons. The van der Waals surface area contributed by atoms with Crippen LogP contribution in [0.25, 0.3) is 0 Å². The monoisotopic (exact) mass is 286 g/mol. The van der Waals surface area contributed by atoms with Crippen LogP contribution in [0.1, 0.15) is 51.9 Å². The van der Waals surface area contributed by atoms with Gasteiger partial charge >= 0.3 is 5.97 Å². The molecule has 0 fully saturated rings. The Labute approximate surface area is 119 Å². The predicted octanol–water partition coefficient (Wildman–Crippen LogP) is 0.362. The molecule has 0 amide bonds. The van der Waals surface area contributed by atoms with Crippen molar-refractivity contribution in [2.24, 2.45) is 22.2 Å². The molecule has 0 saturated carbocycles. The Balaban J connectivity index is 4.39. The number of carboxylic acid groups (broad SMARTS) is 1. The van der Waals surface area contributed by atoms with Crippen molar-refractivity contribution < 1.29 is 14.7 Å². The number of hydrogen-bond donors (Lipinski definition) is 4. The summed E-state index contributed by atoms with van der Waals surface area (Å²) in [5.41, 5.74) is 14.3. The molecule has 0 heterocycles. The molecule has 1 atom stereocenters. The lowest BCUT2D eigenvalue weighted by molar-refractivity contribution is -0.148. The highest BCUT2D eigenvalue weighted by Gasteiger charge is 2.40. The van der Waals surface area contributed by atoms with E-state index in [2.05, 4.69) is 11.9 Å². The largest absolute Gasteiger partial charge is 0.480 e. The number of carbonyl (C=O) groups is 2. The van der Waals surface area contributed by atoms with E-state index in [-0.39, 0.29) is 25.3 Å². The molecule has 0 unspecified atom stereocenters. The van der Waals surface area contributed by atoms with E-state index in [1.54, 1.807) is 0 Å². The number of rotatable bonds is 11. The third kappa shape index (κ3) is 6.51. The molecule has 0 aliphatic rings. The molecular weight excluding hydrogens is 260 g/mol. The van der Waals surface area contributed by atoms with Gasteiger partial charge < -0.3 is 22.3 Å². The van der Waals surface area contributed by atoms with E-state index in [0.717, 1.165) is 19.3 Å². The average molecular weight is 286 g/mol. The number of ketones is 1. The van der Waals surface area contributed by atoms with Gasteiger partial charge in [0, 0.05) is 13.0 Å². The van der Waals surface area contributed by atoms with E-state index in [4.69, 9.17) is 17.2 Å². The van der Waals surface area contributed by atoms with Crippen molar-refractivity contribution in [3.63, 3.8) is 0 Å². The summed E-state index contributed by atoms with van der Waals surface area (Å²) in [6.07, 6.45) is 4.25. The van der Waals surface area contributed by atoms with Gasteiger partial charge in [-0.3, -0.25) is 9.79 Å². The van der Waals surface area contributed by atoms with Crippen molar-refractivity contribution in [1.82, 2.24) is 0 Å². The first-order chi connectivity index (χ1) is 9.34. The number of aliphatic carboxylic acids is 1. The minimum absolute atomic E-state index is 0.0335. The van der Waals surface area contributed by atoms with E-state index in [0.29, 0.717) is 12.8 Å². The first kappa shape index (κ1) is 18.4. The molecule has 0 saturated heterocycles. The summed E-state index contributed by atoms with van der Waals surface area (Å²) in [5, 5.41) is 9.18. The molecule has 0 bridgehead atoms. The molecule has 0 radical (unpaired) electrons. The van der Waals surface area contributed by atoms with Crippen molar-refractivity contribution >= 4 is 17.7 Å². The second kappa shape index (κ2) is 9.30. The van der Waals surface area contributed by atoms with E-state index in [1.807, 2.05) is 0 Å². The summed E-state index contributed by atoms with van der Waals surface area (Å²) in [5.74, 6) is -1.78. The van der Waals surface area contributed by atoms with Gasteiger partial charge in [-0.15, -0.1) is 0 Å². The minimum atomic E-state index is -1.83. The lowest BCUT2D eigenvalue weighted by Crippen LogP contribution is -2.55. The molecule has 0 aliphatic carbocycles. The zero-order chi connectivity index (χ0) is 15.6. The van der Waals surface area contributed by atoms with Crippen molar-refractivity contribution in [1.29, 1.82) is 0 Å². The fraction of sp³-hybridized carbons (Fsp3) is 0.769. The van der Waals surface area contributed by atoms with Gasteiger partial charge in [0.05, 0.1) is 0 Å². The van der Waals surface area contributed by atoms with Crippen LogP contribution in [0, 0.1) is 0 Å². The number of Topliss-reactive ketones (excluding diaryl/α,β-unsaturated/α-hetero) is 1. The molecule has 7 N–H and O–H groups in total. The van der Waals surface area contributed by atoms with Gasteiger partial charge in [-0.2, -0.15) is 0 Å². The summed E-state index contributed by atoms with van der Waals surface area (Å²) in [6.45, 7) is 2.33. The Bertz CT molecular complexity index is 354. The van der Waals surface area contributed by atoms with Crippen LogP contribution >= 0.6 is 0 Å². The second-order valence-electron chi connectivity index (χ2n) is 4.92. The van der Waals surface area contributed by atoms with Crippen molar-refractivity contribution in [2.45, 2.75) is 57.4 Å². The van der Waals surface area contributed by atoms with E-state index >= 15 is 0 Å². The van der Waals surface area contributed by atoms with Gasteiger partial charge in [-0.05, 0) is 19.3 Å². The average Bonchev–Trinajstić information content (AvgIpc) is 2.38. The van der Waals surface area contributed by atoms with Crippen LogP contribution in [0.4, 0.5) is 0 Å². The first-order valence-electron chi connectivity index (χ1n) is 6.95. The highest BCUT2D eigenvalue weighted by Crippen LogP contribution is 2.16. The summed E-state index contributed by atoms with van der Waals surface area (Å²) in [6, 6.07) is 0. The lowest BCUT2D eigenvalue weighted by atomic mass is 9.87. The highest BCUT2D eigenvalue weighted by atomic mass is 16.4. The summed E-state index contributed by atoms with van der Waals surface area (Å²) in [7, 11) is 0. The Morgan fingerprint density at radius 1 is 1.15 bits per heavy atom. The smallest absolute Gasteiger partial charge is 0.331 e. The molecule has 0 aromatic rings. The number of nitrogens with two attached hydrogens (primary N) is 3. The van der Waals surface area contributed by atoms with Gasteiger partial charge in [-0.25, -0.2) is 4.79 Å². The van der Waals surface area contributed by atoms with Gasteiger partial charge in [0.2, 0.25) is 0 Å². The fourth-order valence-corrected chi connectivity index (χ4v) is 1.87. The molecule has 0 aromatic carbocycles. The lowest BCUT2D eigenvalue weighted by Gasteiger charge is -2.22. The third-order valence-electron chi connectivity index (χ3n) is 3.16. The highest BCUT2D eigenvalue weighted by molar-refractivity contribution is 6.07. The SMILES string of the molecule is CCCCCCC(=O)[C@](N)(CCCN=C(N)N)C(=O)O. The van der Waals surface area contributed by atoms with Crippen molar-refractivity contribution in [3.05, 3.63) is 0 Å². The van der Waals surface area contributed by atoms with Crippen LogP contribution in [0.3, 0.4) is 0 Å². The standard InChI is InChI=1S/C13H26N4O3/c1-2-3-4-5-7-10(18)13(16,11(19)20)8-6-9-17-12(14)15/h2-9,16H2,1H3,(H,19,20)(H4,14,15,17)/t13-/m1/s1. The zero-order valence-corrected chi connectivity index (χ0v) is 12.1. The number of unbranched alkanes of at least 4 members (excludes halogenated alkanes) is 3. The maximum absolute atomic E-state index is 12.0. The Kier molecular flexibility index (Phi) is 8.54. The maximum Gasteiger partial charge on any atom is 0.331 e. The number of nitrogens with zero attached hydrogens (tertiary/aromatic N) is 1. The molecular formula is C13H26N4O3. The first-order valence-corrected chi connectivity index (χ1v) is 6.95. The van der Waals surface area contributed by atoms with E-state index in [1.165, 1.54) is 0 Å². The molecule has 7 nitrogen and oxygen atoms in total. The fourth-order valence-electron chi connectivity index (χ4n) is 1.87. The topological polar surface area (TPSA) is 145 Å². The minimum Gasteiger partial charge on any atom is -0.480 e. The van der Waals surface area contributed by atoms with Crippen molar-refractivity contribution in [2.75, 3.05) is 6.54 Å². The van der Waals surface area contributed by atoms with Crippen molar-refractivity contribution in [3.8, 4) is 0 Å². The van der Waals surface area contributed by atoms with Crippen LogP contribution in [-0.2, 0) is 9.59 Å². The number of guanidine groups is 1. The summed E-state index contributed by atoms with van der Waals surface area (Å²) in [4.78, 5) is 27.0. The Morgan fingerprint density at radius 2 is 1.80 bits per heavy atom. The summed E-state index contributed by atoms with van der Waals surface area (Å²) >= 11 is 0. The van der Waals surface area contributed by atoms with Gasteiger partial charge in [0.1, 0.15) is 0 Å². The number of hydrogen-bond acceptors (Lipinski definition) is 4. The quantitative estimate of drug-likeness (QED) is 0.187. The second-order valence-corrected chi connectivity index (χ2v) is 4.92. The van der Waals surface area contributed by atoms with Gasteiger partial charge in [0.15, 0.2) is 17.3 Å². The van der Waals surface area contributed by atoms with Gasteiger partial charge in [0.25, 0.3) is 0 Å². The summed E-state index contributed by atoms with van der Waals surface area (Å²) < 4.78 is 0. The van der Waals surface area contributed by atoms with E-state index in [9.17, 15) is 14.7 Å². The predicted molar refractivity (Wildman–Crippen MR) is 78.2 cm³/mol. The Hall–Kier alpha value is -1.63. The Morgan fingerprint density at radius 3 is 2.30 bits per heavy atom. The van der Waals surface area contributed by atoms with Crippen LogP contribution < -0.4 is 17.2 Å². The molecule has 0 spiro atoms. The van der Waals surface area contributed by atoms with Gasteiger partial charge in [-0.1, -0.05) is 26.2 Å². The van der Waals surface area contributed by atoms with Crippen LogP contribution in [0.15, 0.2) is 4.99 Å². The van der Waals surface area contributed by atoms with E-state index < -0.39 is 17.3 Å². The number of aliphatic imine (C=N–C) groups is 1. The van der Waals surface area contributed by atoms with Crippen LogP contribution in [0.5, 0.6) is 0 Å². The molecule has 20 heavy (non-hydrogen) atoms.